The van der Waals surface area contributed by atoms with Crippen molar-refractivity contribution in [2.75, 3.05) is 99.0 Å². The van der Waals surface area contributed by atoms with Gasteiger partial charge in [-0.1, -0.05) is 52.7 Å². The number of carbonyl (C=O) groups excluding carboxylic acids is 7. The maximum Gasteiger partial charge on any atom is 0.230 e. The van der Waals surface area contributed by atoms with Crippen molar-refractivity contribution < 1.29 is 81.7 Å². The van der Waals surface area contributed by atoms with E-state index in [1.165, 1.54) is 48.7 Å². The van der Waals surface area contributed by atoms with Gasteiger partial charge in [0.2, 0.25) is 24.0 Å². The highest BCUT2D eigenvalue weighted by Crippen LogP contribution is 2.52. The Morgan fingerprint density at radius 1 is 0.897 bits per heavy atom. The zero-order valence-corrected chi connectivity index (χ0v) is 48.0. The van der Waals surface area contributed by atoms with Crippen LogP contribution in [0, 0.1) is 11.8 Å². The second kappa shape index (κ2) is 32.1. The predicted molar refractivity (Wildman–Crippen MR) is 294 cm³/mol. The number of nitrogens with zero attached hydrogens (tertiary/aromatic N) is 2. The summed E-state index contributed by atoms with van der Waals surface area (Å²) in [6.07, 6.45) is 3.14. The van der Waals surface area contributed by atoms with Gasteiger partial charge in [0.1, 0.15) is 35.5 Å². The molecule has 20 nitrogen and oxygen atoms in total. The summed E-state index contributed by atoms with van der Waals surface area (Å²) in [5.74, 6) is -4.43. The zero-order chi connectivity index (χ0) is 56.9. The van der Waals surface area contributed by atoms with E-state index in [0.717, 1.165) is 11.2 Å². The molecule has 2 fully saturated rings. The van der Waals surface area contributed by atoms with Gasteiger partial charge in [0.25, 0.3) is 0 Å². The number of amides is 3. The van der Waals surface area contributed by atoms with Gasteiger partial charge in [0.15, 0.2) is 12.1 Å². The van der Waals surface area contributed by atoms with Gasteiger partial charge in [-0.3, -0.25) is 39.0 Å². The largest absolute Gasteiger partial charge is 0.507 e. The lowest BCUT2D eigenvalue weighted by Gasteiger charge is -2.38. The monoisotopic (exact) mass is 1130 g/mol. The minimum absolute atomic E-state index is 0.00404. The summed E-state index contributed by atoms with van der Waals surface area (Å²) in [7, 11) is 3.02. The molecule has 2 aliphatic carbocycles. The number of benzene rings is 2. The van der Waals surface area contributed by atoms with Crippen molar-refractivity contribution in [2.45, 2.75) is 127 Å². The predicted octanol–water partition coefficient (Wildman–Crippen LogP) is 5.65. The molecular formula is C56H81N3O17S2. The van der Waals surface area contributed by atoms with Crippen LogP contribution in [0.3, 0.4) is 0 Å². The molecule has 2 saturated heterocycles. The Kier molecular flexibility index (Phi) is 26.5. The minimum Gasteiger partial charge on any atom is -0.507 e. The van der Waals surface area contributed by atoms with E-state index in [9.17, 15) is 43.8 Å². The summed E-state index contributed by atoms with van der Waals surface area (Å²) in [5, 5.41) is 26.8. The molecule has 22 heteroatoms. The molecule has 3 amide bonds. The van der Waals surface area contributed by atoms with Crippen molar-refractivity contribution in [1.29, 1.82) is 0 Å². The number of fused-ring (bicyclic) bond motifs is 3. The molecule has 0 radical (unpaired) electrons. The number of rotatable bonds is 30. The van der Waals surface area contributed by atoms with Crippen LogP contribution in [0.5, 0.6) is 17.2 Å². The number of aldehydes is 1. The molecule has 0 aromatic heterocycles. The Morgan fingerprint density at radius 2 is 1.58 bits per heavy atom. The Bertz CT molecular complexity index is 2340. The highest BCUT2D eigenvalue weighted by atomic mass is 32.2. The Balaban J connectivity index is 0.00000270. The van der Waals surface area contributed by atoms with E-state index in [4.69, 9.17) is 37.9 Å². The number of thioether (sulfide) groups is 1. The van der Waals surface area contributed by atoms with Crippen molar-refractivity contribution in [3.63, 3.8) is 0 Å². The van der Waals surface area contributed by atoms with E-state index in [1.807, 2.05) is 13.8 Å². The van der Waals surface area contributed by atoms with Crippen LogP contribution in [0.1, 0.15) is 135 Å². The number of hydrogen-bond acceptors (Lipinski definition) is 20. The third-order valence-electron chi connectivity index (χ3n) is 14.5. The van der Waals surface area contributed by atoms with Gasteiger partial charge in [0.05, 0.1) is 108 Å². The van der Waals surface area contributed by atoms with Crippen LogP contribution in [-0.4, -0.2) is 189 Å². The van der Waals surface area contributed by atoms with Gasteiger partial charge >= 0.3 is 0 Å². The SMILES string of the molecule is CCC(C)(S)C(C=O)CC(=O)N(C)CCOCCOCCOCCN(C=O)C(=O)CC(C)SCC(=O)C1Cc2c(O)c3c(c(O)c2[C@@H](O[C@H]2CC[C@H](O[C@@H]4COCCN4)CO2)C1)C(=O)c1c(OC)cccc1C3=O.CCCC. The number of unbranched alkanes of at least 4 members (excludes halogenated alkanes) is 1. The number of phenolic OH excluding ortho intramolecular Hbond substituents is 2. The molecule has 3 N–H and O–H groups in total. The number of phenols is 2. The Labute approximate surface area is 468 Å². The number of ketones is 3. The standard InChI is InChI=1S/C52H71N3O17S2.C4H10/c1-6-52(3,73)33(26-56)25-41(59)54(4)13-16-66-18-20-68-21-19-67-17-14-55(30-57)42(60)22-31(2)74-29-37(58)32-23-36-45(39(24-32)72-43-11-10-34(27-70-43)71-40-28-69-15-12-53-40)51(64)47-46(49(36)62)48(61)35-8-7-9-38(65-5)44(35)50(47)63;1-3-4-2/h7-9,26,30-34,39-40,43,53,62,64,73H,6,10-25,27-29H2,1-5H3;3-4H2,1-2H3/t31?,32?,33?,34-,39-,40+,43-,52?;/m0./s1. The van der Waals surface area contributed by atoms with Gasteiger partial charge < -0.3 is 57.8 Å². The summed E-state index contributed by atoms with van der Waals surface area (Å²) in [5.41, 5.74) is -0.558. The number of methoxy groups -OCH3 is 1. The van der Waals surface area contributed by atoms with Crippen molar-refractivity contribution >= 4 is 66.3 Å². The molecule has 2 aromatic rings. The molecule has 0 bridgehead atoms. The van der Waals surface area contributed by atoms with E-state index in [2.05, 4.69) is 31.8 Å². The van der Waals surface area contributed by atoms with E-state index >= 15 is 0 Å². The van der Waals surface area contributed by atoms with E-state index in [-0.39, 0.29) is 139 Å². The average Bonchev–Trinajstić information content (AvgIpc) is 3.62. The van der Waals surface area contributed by atoms with Gasteiger partial charge in [-0.25, -0.2) is 0 Å². The molecule has 0 spiro atoms. The van der Waals surface area contributed by atoms with Crippen LogP contribution >= 0.6 is 24.4 Å². The normalized spacial score (nSPS) is 21.3. The van der Waals surface area contributed by atoms with Crippen molar-refractivity contribution in [3.8, 4) is 17.2 Å². The fourth-order valence-electron chi connectivity index (χ4n) is 9.26. The van der Waals surface area contributed by atoms with Gasteiger partial charge in [0, 0.05) is 77.9 Å². The second-order valence-electron chi connectivity index (χ2n) is 20.1. The molecule has 78 heavy (non-hydrogen) atoms. The molecule has 2 aliphatic heterocycles. The van der Waals surface area contributed by atoms with Crippen molar-refractivity contribution in [3.05, 3.63) is 51.6 Å². The van der Waals surface area contributed by atoms with Crippen LogP contribution < -0.4 is 10.1 Å². The van der Waals surface area contributed by atoms with Crippen LogP contribution in [-0.2, 0) is 63.6 Å². The molecule has 0 saturated carbocycles. The number of likely N-dealkylation sites (N-methyl/N-ethyl adjacent to an activating group) is 1. The number of hydrogen-bond donors (Lipinski definition) is 4. The van der Waals surface area contributed by atoms with Gasteiger partial charge in [-0.15, -0.1) is 0 Å². The lowest BCUT2D eigenvalue weighted by molar-refractivity contribution is -0.229. The Hall–Kier alpha value is -4.49. The lowest BCUT2D eigenvalue weighted by atomic mass is 9.74. The smallest absolute Gasteiger partial charge is 0.230 e. The highest BCUT2D eigenvalue weighted by molar-refractivity contribution is 8.00. The Morgan fingerprint density at radius 3 is 2.18 bits per heavy atom. The fraction of sp³-hybridized carbons (Fsp3) is 0.661. The molecule has 6 rings (SSSR count). The summed E-state index contributed by atoms with van der Waals surface area (Å²) in [4.78, 5) is 94.0. The number of carbonyl (C=O) groups is 7. The summed E-state index contributed by atoms with van der Waals surface area (Å²) >= 11 is 5.76. The molecule has 4 unspecified atom stereocenters. The molecule has 2 heterocycles. The third kappa shape index (κ3) is 17.5. The number of aromatic hydroxyl groups is 2. The van der Waals surface area contributed by atoms with Gasteiger partial charge in [-0.05, 0) is 38.7 Å². The topological polar surface area (TPSA) is 252 Å². The first-order valence-electron chi connectivity index (χ1n) is 27.1. The molecule has 8 atom stereocenters. The summed E-state index contributed by atoms with van der Waals surface area (Å²) in [6.45, 7) is 13.5. The van der Waals surface area contributed by atoms with Crippen LogP contribution in [0.25, 0.3) is 0 Å². The first-order chi connectivity index (χ1) is 37.4. The minimum atomic E-state index is -1.04. The quantitative estimate of drug-likeness (QED) is 0.0272. The van der Waals surface area contributed by atoms with E-state index in [0.29, 0.717) is 65.2 Å². The van der Waals surface area contributed by atoms with Crippen LogP contribution in [0.4, 0.5) is 0 Å². The number of imide groups is 1. The summed E-state index contributed by atoms with van der Waals surface area (Å²) < 4.78 is 45.8. The highest BCUT2D eigenvalue weighted by Gasteiger charge is 2.45. The van der Waals surface area contributed by atoms with Crippen molar-refractivity contribution in [1.82, 2.24) is 15.1 Å². The molecule has 4 aliphatic rings. The summed E-state index contributed by atoms with van der Waals surface area (Å²) in [6, 6.07) is 4.53. The average molecular weight is 1130 g/mol. The maximum absolute atomic E-state index is 14.1. The van der Waals surface area contributed by atoms with Gasteiger partial charge in [-0.2, -0.15) is 24.4 Å². The second-order valence-corrected chi connectivity index (χ2v) is 22.5. The zero-order valence-electron chi connectivity index (χ0n) is 46.3. The number of ether oxygens (including phenoxy) is 8. The molecular weight excluding hydrogens is 1050 g/mol. The number of Topliss-reactive ketones (excluding diaryl/α,β-unsaturated/α-hetero) is 1. The van der Waals surface area contributed by atoms with Crippen molar-refractivity contribution in [2.24, 2.45) is 11.8 Å². The number of morpholine rings is 1. The number of nitrogens with one attached hydrogen (secondary N) is 1. The van der Waals surface area contributed by atoms with Crippen LogP contribution in [0.2, 0.25) is 0 Å². The van der Waals surface area contributed by atoms with E-state index in [1.54, 1.807) is 20.0 Å². The number of thiol groups is 1. The van der Waals surface area contributed by atoms with Crippen LogP contribution in [0.15, 0.2) is 18.2 Å². The fourth-order valence-corrected chi connectivity index (χ4v) is 10.4. The first kappa shape index (κ1) is 64.3. The molecule has 2 aromatic carbocycles. The lowest BCUT2D eigenvalue weighted by Crippen LogP contribution is -2.47. The third-order valence-corrected chi connectivity index (χ3v) is 16.3. The maximum atomic E-state index is 14.1. The first-order valence-corrected chi connectivity index (χ1v) is 28.6. The molecule has 434 valence electrons. The van der Waals surface area contributed by atoms with E-state index < -0.39 is 57.9 Å².